The molecule has 1 aromatic carbocycles. The van der Waals surface area contributed by atoms with E-state index in [1.807, 2.05) is 29.1 Å². The molecule has 0 radical (unpaired) electrons. The lowest BCUT2D eigenvalue weighted by Crippen LogP contribution is -2.27. The zero-order valence-electron chi connectivity index (χ0n) is 11.5. The van der Waals surface area contributed by atoms with Gasteiger partial charge in [-0.1, -0.05) is 25.1 Å². The van der Waals surface area contributed by atoms with Gasteiger partial charge in [0.15, 0.2) is 0 Å². The molecule has 4 heteroatoms. The summed E-state index contributed by atoms with van der Waals surface area (Å²) in [7, 11) is 0. The molecule has 0 saturated heterocycles. The zero-order chi connectivity index (χ0) is 13.3. The second-order valence-corrected chi connectivity index (χ2v) is 4.56. The first-order chi connectivity index (χ1) is 9.40. The fourth-order valence-electron chi connectivity index (χ4n) is 1.88. The van der Waals surface area contributed by atoms with Crippen molar-refractivity contribution in [3.63, 3.8) is 0 Å². The SMILES string of the molecule is CCCNCCNCc1cnn(-c2ccccc2)c1. The third-order valence-electron chi connectivity index (χ3n) is 2.89. The van der Waals surface area contributed by atoms with Gasteiger partial charge in [0.1, 0.15) is 0 Å². The van der Waals surface area contributed by atoms with E-state index >= 15 is 0 Å². The van der Waals surface area contributed by atoms with Gasteiger partial charge in [-0.2, -0.15) is 5.10 Å². The van der Waals surface area contributed by atoms with Crippen LogP contribution in [0.3, 0.4) is 0 Å². The summed E-state index contributed by atoms with van der Waals surface area (Å²) in [5.41, 5.74) is 2.30. The average molecular weight is 258 g/mol. The highest BCUT2D eigenvalue weighted by molar-refractivity contribution is 5.30. The minimum Gasteiger partial charge on any atom is -0.315 e. The van der Waals surface area contributed by atoms with Crippen LogP contribution in [0.5, 0.6) is 0 Å². The maximum Gasteiger partial charge on any atom is 0.0645 e. The van der Waals surface area contributed by atoms with Gasteiger partial charge in [0, 0.05) is 31.4 Å². The Morgan fingerprint density at radius 1 is 1.05 bits per heavy atom. The molecular weight excluding hydrogens is 236 g/mol. The van der Waals surface area contributed by atoms with Crippen molar-refractivity contribution in [1.82, 2.24) is 20.4 Å². The van der Waals surface area contributed by atoms with Crippen LogP contribution in [0.1, 0.15) is 18.9 Å². The average Bonchev–Trinajstić information content (AvgIpc) is 2.92. The molecule has 0 fully saturated rings. The van der Waals surface area contributed by atoms with Crippen LogP contribution in [0.25, 0.3) is 5.69 Å². The van der Waals surface area contributed by atoms with E-state index in [1.165, 1.54) is 12.0 Å². The number of hydrogen-bond donors (Lipinski definition) is 2. The van der Waals surface area contributed by atoms with Crippen molar-refractivity contribution in [3.8, 4) is 5.69 Å². The molecule has 2 aromatic rings. The second-order valence-electron chi connectivity index (χ2n) is 4.56. The number of benzene rings is 1. The third-order valence-corrected chi connectivity index (χ3v) is 2.89. The zero-order valence-corrected chi connectivity index (χ0v) is 11.5. The molecular formula is C15H22N4. The van der Waals surface area contributed by atoms with Gasteiger partial charge in [-0.05, 0) is 25.1 Å². The van der Waals surface area contributed by atoms with Crippen LogP contribution in [0.15, 0.2) is 42.7 Å². The summed E-state index contributed by atoms with van der Waals surface area (Å²) < 4.78 is 1.91. The first-order valence-corrected chi connectivity index (χ1v) is 6.90. The number of aromatic nitrogens is 2. The molecule has 0 spiro atoms. The van der Waals surface area contributed by atoms with Crippen molar-refractivity contribution in [2.45, 2.75) is 19.9 Å². The van der Waals surface area contributed by atoms with Crippen molar-refractivity contribution >= 4 is 0 Å². The molecule has 4 nitrogen and oxygen atoms in total. The Hall–Kier alpha value is -1.65. The highest BCUT2D eigenvalue weighted by atomic mass is 15.3. The van der Waals surface area contributed by atoms with Gasteiger partial charge in [0.2, 0.25) is 0 Å². The summed E-state index contributed by atoms with van der Waals surface area (Å²) >= 11 is 0. The fourth-order valence-corrected chi connectivity index (χ4v) is 1.88. The van der Waals surface area contributed by atoms with Crippen LogP contribution in [0.2, 0.25) is 0 Å². The Bertz CT molecular complexity index is 464. The van der Waals surface area contributed by atoms with Gasteiger partial charge in [-0.15, -0.1) is 0 Å². The first kappa shape index (κ1) is 13.8. The number of nitrogens with one attached hydrogen (secondary N) is 2. The van der Waals surface area contributed by atoms with E-state index in [4.69, 9.17) is 0 Å². The number of hydrogen-bond acceptors (Lipinski definition) is 3. The van der Waals surface area contributed by atoms with Crippen LogP contribution in [0, 0.1) is 0 Å². The lowest BCUT2D eigenvalue weighted by molar-refractivity contribution is 0.607. The molecule has 2 rings (SSSR count). The molecule has 0 aliphatic carbocycles. The molecule has 0 bridgehead atoms. The van der Waals surface area contributed by atoms with Crippen molar-refractivity contribution in [2.75, 3.05) is 19.6 Å². The van der Waals surface area contributed by atoms with E-state index in [-0.39, 0.29) is 0 Å². The molecule has 0 aliphatic rings. The summed E-state index contributed by atoms with van der Waals surface area (Å²) in [6.07, 6.45) is 5.17. The molecule has 1 heterocycles. The van der Waals surface area contributed by atoms with Gasteiger partial charge in [0.25, 0.3) is 0 Å². The lowest BCUT2D eigenvalue weighted by atomic mass is 10.3. The largest absolute Gasteiger partial charge is 0.315 e. The highest BCUT2D eigenvalue weighted by Gasteiger charge is 1.99. The van der Waals surface area contributed by atoms with E-state index in [0.29, 0.717) is 0 Å². The summed E-state index contributed by atoms with van der Waals surface area (Å²) in [5.74, 6) is 0. The fraction of sp³-hybridized carbons (Fsp3) is 0.400. The maximum absolute atomic E-state index is 4.38. The lowest BCUT2D eigenvalue weighted by Gasteiger charge is -2.04. The summed E-state index contributed by atoms with van der Waals surface area (Å²) in [6.45, 7) is 6.13. The number of nitrogens with zero attached hydrogens (tertiary/aromatic N) is 2. The van der Waals surface area contributed by atoms with Crippen molar-refractivity contribution in [1.29, 1.82) is 0 Å². The minimum atomic E-state index is 0.862. The molecule has 0 amide bonds. The maximum atomic E-state index is 4.38. The minimum absolute atomic E-state index is 0.862. The molecule has 1 aromatic heterocycles. The predicted octanol–water partition coefficient (Wildman–Crippen LogP) is 1.96. The molecule has 0 atom stereocenters. The van der Waals surface area contributed by atoms with E-state index in [1.54, 1.807) is 0 Å². The van der Waals surface area contributed by atoms with Crippen LogP contribution >= 0.6 is 0 Å². The van der Waals surface area contributed by atoms with Crippen molar-refractivity contribution < 1.29 is 0 Å². The molecule has 0 saturated carbocycles. The Morgan fingerprint density at radius 2 is 1.84 bits per heavy atom. The Morgan fingerprint density at radius 3 is 2.63 bits per heavy atom. The second kappa shape index (κ2) is 7.71. The van der Waals surface area contributed by atoms with E-state index in [9.17, 15) is 0 Å². The van der Waals surface area contributed by atoms with Gasteiger partial charge < -0.3 is 10.6 Å². The quantitative estimate of drug-likeness (QED) is 0.711. The molecule has 19 heavy (non-hydrogen) atoms. The number of para-hydroxylation sites is 1. The smallest absolute Gasteiger partial charge is 0.0645 e. The predicted molar refractivity (Wildman–Crippen MR) is 78.4 cm³/mol. The third kappa shape index (κ3) is 4.50. The topological polar surface area (TPSA) is 41.9 Å². The molecule has 0 unspecified atom stereocenters. The Kier molecular flexibility index (Phi) is 5.59. The van der Waals surface area contributed by atoms with Gasteiger partial charge in [0.05, 0.1) is 11.9 Å². The van der Waals surface area contributed by atoms with Gasteiger partial charge in [-0.3, -0.25) is 0 Å². The summed E-state index contributed by atoms with van der Waals surface area (Å²) in [5, 5.41) is 11.2. The van der Waals surface area contributed by atoms with Crippen LogP contribution in [0.4, 0.5) is 0 Å². The van der Waals surface area contributed by atoms with Crippen molar-refractivity contribution in [2.24, 2.45) is 0 Å². The normalized spacial score (nSPS) is 10.8. The van der Waals surface area contributed by atoms with Crippen LogP contribution in [-0.4, -0.2) is 29.4 Å². The number of rotatable bonds is 8. The molecule has 2 N–H and O–H groups in total. The van der Waals surface area contributed by atoms with Gasteiger partial charge >= 0.3 is 0 Å². The Balaban J connectivity index is 1.75. The van der Waals surface area contributed by atoms with E-state index < -0.39 is 0 Å². The van der Waals surface area contributed by atoms with E-state index in [0.717, 1.165) is 31.9 Å². The first-order valence-electron chi connectivity index (χ1n) is 6.90. The standard InChI is InChI=1S/C15H22N4/c1-2-8-16-9-10-17-11-14-12-18-19(13-14)15-6-4-3-5-7-15/h3-7,12-13,16-17H,2,8-11H2,1H3. The molecule has 0 aliphatic heterocycles. The van der Waals surface area contributed by atoms with Crippen LogP contribution in [-0.2, 0) is 6.54 Å². The monoisotopic (exact) mass is 258 g/mol. The molecule has 102 valence electrons. The van der Waals surface area contributed by atoms with Crippen LogP contribution < -0.4 is 10.6 Å². The summed E-state index contributed by atoms with van der Waals surface area (Å²) in [4.78, 5) is 0. The van der Waals surface area contributed by atoms with E-state index in [2.05, 4.69) is 41.0 Å². The summed E-state index contributed by atoms with van der Waals surface area (Å²) in [6, 6.07) is 10.2. The van der Waals surface area contributed by atoms with Gasteiger partial charge in [-0.25, -0.2) is 4.68 Å². The highest BCUT2D eigenvalue weighted by Crippen LogP contribution is 2.07. The van der Waals surface area contributed by atoms with Crippen molar-refractivity contribution in [3.05, 3.63) is 48.3 Å². The Labute approximate surface area is 114 Å².